The second-order valence-corrected chi connectivity index (χ2v) is 7.27. The molecule has 4 nitrogen and oxygen atoms in total. The summed E-state index contributed by atoms with van der Waals surface area (Å²) in [7, 11) is 1.56. The van der Waals surface area contributed by atoms with E-state index < -0.39 is 8.56 Å². The van der Waals surface area contributed by atoms with Crippen LogP contribution >= 0.6 is 0 Å². The monoisotopic (exact) mass is 204 g/mol. The Kier molecular flexibility index (Phi) is 3.87. The van der Waals surface area contributed by atoms with Crippen LogP contribution in [0.15, 0.2) is 0 Å². The molecule has 0 amide bonds. The van der Waals surface area contributed by atoms with Gasteiger partial charge < -0.3 is 14.6 Å². The van der Waals surface area contributed by atoms with Crippen molar-refractivity contribution in [1.29, 1.82) is 0 Å². The highest BCUT2D eigenvalue weighted by Crippen LogP contribution is 2.18. The average molecular weight is 204 g/mol. The predicted octanol–water partition coefficient (Wildman–Crippen LogP) is 0.342. The molecule has 78 valence electrons. The number of nitrogens with zero attached hydrogens (tertiary/aromatic N) is 1. The van der Waals surface area contributed by atoms with Gasteiger partial charge in [-0.3, -0.25) is 4.90 Å². The van der Waals surface area contributed by atoms with Crippen molar-refractivity contribution in [2.75, 3.05) is 27.3 Å². The maximum absolute atomic E-state index is 5.93. The van der Waals surface area contributed by atoms with Crippen LogP contribution in [0.25, 0.3) is 0 Å². The molecule has 0 aromatic carbocycles. The molecule has 2 N–H and O–H groups in total. The fourth-order valence-electron chi connectivity index (χ4n) is 1.27. The van der Waals surface area contributed by atoms with E-state index in [1.807, 2.05) is 0 Å². The summed E-state index contributed by atoms with van der Waals surface area (Å²) in [5.41, 5.74) is 5.93. The Balaban J connectivity index is 2.22. The number of hydrogen-bond donors (Lipinski definition) is 1. The quantitative estimate of drug-likeness (QED) is 0.501. The zero-order valence-corrected chi connectivity index (χ0v) is 9.75. The molecule has 0 spiro atoms. The van der Waals surface area contributed by atoms with Crippen LogP contribution in [0.2, 0.25) is 12.6 Å². The van der Waals surface area contributed by atoms with E-state index in [1.54, 1.807) is 14.2 Å². The Labute approximate surface area is 81.2 Å². The van der Waals surface area contributed by atoms with E-state index in [2.05, 4.69) is 11.4 Å². The minimum atomic E-state index is -1.88. The van der Waals surface area contributed by atoms with Crippen LogP contribution in [0.5, 0.6) is 0 Å². The van der Waals surface area contributed by atoms with Crippen LogP contribution in [0, 0.1) is 0 Å². The Bertz CT molecular complexity index is 160. The van der Waals surface area contributed by atoms with Gasteiger partial charge in [0.25, 0.3) is 0 Å². The van der Waals surface area contributed by atoms with E-state index in [0.29, 0.717) is 0 Å². The van der Waals surface area contributed by atoms with Crippen LogP contribution in [-0.4, -0.2) is 46.9 Å². The first-order valence-electron chi connectivity index (χ1n) is 4.71. The van der Waals surface area contributed by atoms with Crippen molar-refractivity contribution in [1.82, 2.24) is 4.90 Å². The topological polar surface area (TPSA) is 47.5 Å². The van der Waals surface area contributed by atoms with Crippen LogP contribution < -0.4 is 5.73 Å². The molecule has 1 aliphatic heterocycles. The van der Waals surface area contributed by atoms with Crippen LogP contribution in [0.4, 0.5) is 0 Å². The fraction of sp³-hybridized carbons (Fsp3) is 1.00. The smallest absolute Gasteiger partial charge is 0.334 e. The molecule has 1 fully saturated rings. The van der Waals surface area contributed by atoms with Crippen LogP contribution in [0.3, 0.4) is 0 Å². The van der Waals surface area contributed by atoms with Gasteiger partial charge in [0, 0.05) is 27.3 Å². The lowest BCUT2D eigenvalue weighted by Gasteiger charge is -2.24. The van der Waals surface area contributed by atoms with Crippen molar-refractivity contribution in [2.24, 2.45) is 5.73 Å². The normalized spacial score (nSPS) is 20.3. The van der Waals surface area contributed by atoms with Crippen LogP contribution in [0.1, 0.15) is 6.42 Å². The number of hydrogen-bond acceptors (Lipinski definition) is 4. The maximum Gasteiger partial charge on any atom is 0.334 e. The summed E-state index contributed by atoms with van der Waals surface area (Å²) < 4.78 is 10.8. The first-order chi connectivity index (χ1) is 6.11. The van der Waals surface area contributed by atoms with E-state index in [9.17, 15) is 0 Å². The molecule has 1 saturated heterocycles. The largest absolute Gasteiger partial charge is 0.398 e. The predicted molar refractivity (Wildman–Crippen MR) is 54.6 cm³/mol. The fourth-order valence-corrected chi connectivity index (χ4v) is 2.66. The second-order valence-electron chi connectivity index (χ2n) is 3.68. The molecule has 1 heterocycles. The van der Waals surface area contributed by atoms with Gasteiger partial charge in [0.1, 0.15) is 0 Å². The molecule has 0 saturated carbocycles. The van der Waals surface area contributed by atoms with Gasteiger partial charge in [-0.1, -0.05) is 0 Å². The highest BCUT2D eigenvalue weighted by molar-refractivity contribution is 6.65. The third kappa shape index (κ3) is 3.36. The van der Waals surface area contributed by atoms with Gasteiger partial charge in [-0.15, -0.1) is 0 Å². The van der Waals surface area contributed by atoms with Gasteiger partial charge in [0.05, 0.1) is 6.17 Å². The molecule has 1 rings (SSSR count). The van der Waals surface area contributed by atoms with E-state index in [1.165, 1.54) is 0 Å². The summed E-state index contributed by atoms with van der Waals surface area (Å²) in [6, 6.07) is 0.970. The molecule has 13 heavy (non-hydrogen) atoms. The highest BCUT2D eigenvalue weighted by Gasteiger charge is 2.32. The first kappa shape index (κ1) is 11.1. The van der Waals surface area contributed by atoms with Crippen LogP contribution in [-0.2, 0) is 8.85 Å². The summed E-state index contributed by atoms with van der Waals surface area (Å²) in [5, 5.41) is 0. The molecule has 0 radical (unpaired) electrons. The zero-order chi connectivity index (χ0) is 9.90. The molecular formula is C8H20N2O2Si. The number of nitrogens with two attached hydrogens (primary N) is 1. The summed E-state index contributed by atoms with van der Waals surface area (Å²) in [4.78, 5) is 2.25. The van der Waals surface area contributed by atoms with Gasteiger partial charge in [-0.2, -0.15) is 0 Å². The van der Waals surface area contributed by atoms with Crippen molar-refractivity contribution in [3.8, 4) is 0 Å². The highest BCUT2D eigenvalue weighted by atomic mass is 28.4. The minimum Gasteiger partial charge on any atom is -0.398 e. The molecular weight excluding hydrogens is 184 g/mol. The maximum atomic E-state index is 5.93. The molecule has 0 aromatic rings. The van der Waals surface area contributed by atoms with Crippen molar-refractivity contribution in [3.63, 3.8) is 0 Å². The molecule has 1 aliphatic rings. The molecule has 0 aliphatic carbocycles. The molecule has 0 bridgehead atoms. The summed E-state index contributed by atoms with van der Waals surface area (Å²) in [6.45, 7) is 4.38. The first-order valence-corrected chi connectivity index (χ1v) is 7.23. The summed E-state index contributed by atoms with van der Waals surface area (Å²) >= 11 is 0. The zero-order valence-electron chi connectivity index (χ0n) is 8.75. The van der Waals surface area contributed by atoms with Gasteiger partial charge in [0.15, 0.2) is 0 Å². The van der Waals surface area contributed by atoms with Gasteiger partial charge in [-0.25, -0.2) is 0 Å². The van der Waals surface area contributed by atoms with E-state index >= 15 is 0 Å². The Morgan fingerprint density at radius 1 is 1.38 bits per heavy atom. The molecule has 1 unspecified atom stereocenters. The summed E-state index contributed by atoms with van der Waals surface area (Å²) in [6.07, 6.45) is 1.18. The van der Waals surface area contributed by atoms with E-state index in [0.717, 1.165) is 25.6 Å². The molecule has 5 heteroatoms. The SMILES string of the molecule is CO[Si](C)(CCC(N)N1CC1)OC. The van der Waals surface area contributed by atoms with Gasteiger partial charge >= 0.3 is 8.56 Å². The van der Waals surface area contributed by atoms with Gasteiger partial charge in [0.2, 0.25) is 0 Å². The van der Waals surface area contributed by atoms with Crippen molar-refractivity contribution in [3.05, 3.63) is 0 Å². The summed E-state index contributed by atoms with van der Waals surface area (Å²) in [5.74, 6) is 0. The molecule has 1 atom stereocenters. The molecule has 0 aromatic heterocycles. The third-order valence-corrected chi connectivity index (χ3v) is 5.63. The Morgan fingerprint density at radius 2 is 1.92 bits per heavy atom. The second kappa shape index (κ2) is 4.52. The van der Waals surface area contributed by atoms with Crippen molar-refractivity contribution < 1.29 is 8.85 Å². The van der Waals surface area contributed by atoms with Crippen molar-refractivity contribution in [2.45, 2.75) is 25.2 Å². The number of rotatable bonds is 6. The lowest BCUT2D eigenvalue weighted by Crippen LogP contribution is -2.39. The van der Waals surface area contributed by atoms with E-state index in [4.69, 9.17) is 14.6 Å². The third-order valence-electron chi connectivity index (χ3n) is 2.71. The average Bonchev–Trinajstić information content (AvgIpc) is 2.97. The van der Waals surface area contributed by atoms with E-state index in [-0.39, 0.29) is 6.17 Å². The van der Waals surface area contributed by atoms with Gasteiger partial charge in [-0.05, 0) is 19.0 Å². The lowest BCUT2D eigenvalue weighted by atomic mass is 10.4. The lowest BCUT2D eigenvalue weighted by molar-refractivity contribution is 0.243. The minimum absolute atomic E-state index is 0.206. The standard InChI is InChI=1S/C8H20N2O2Si/c1-11-13(3,12-2)7-4-8(9)10-5-6-10/h8H,4-7,9H2,1-3H3. The Morgan fingerprint density at radius 3 is 2.31 bits per heavy atom. The van der Waals surface area contributed by atoms with Crippen molar-refractivity contribution >= 4 is 8.56 Å². The Hall–Kier alpha value is 0.0569.